The van der Waals surface area contributed by atoms with Crippen LogP contribution in [-0.2, 0) is 13.6 Å². The van der Waals surface area contributed by atoms with Crippen LogP contribution in [0.2, 0.25) is 0 Å². The van der Waals surface area contributed by atoms with Gasteiger partial charge in [0.25, 0.3) is 0 Å². The molecule has 0 atom stereocenters. The summed E-state index contributed by atoms with van der Waals surface area (Å²) in [5, 5.41) is 4.64. The molecule has 0 saturated heterocycles. The molecule has 2 rings (SSSR count). The van der Waals surface area contributed by atoms with Crippen LogP contribution in [-0.4, -0.2) is 11.1 Å². The summed E-state index contributed by atoms with van der Waals surface area (Å²) in [7, 11) is 2.11. The maximum Gasteiger partial charge on any atom is 0.0624 e. The summed E-state index contributed by atoms with van der Waals surface area (Å²) >= 11 is 3.59. The predicted molar refractivity (Wildman–Crippen MR) is 68.0 cm³/mol. The number of para-hydroxylation sites is 1. The lowest BCUT2D eigenvalue weighted by Gasteiger charge is -2.05. The Bertz CT molecular complexity index is 474. The van der Waals surface area contributed by atoms with Crippen molar-refractivity contribution in [3.8, 4) is 0 Å². The SMILES string of the molecule is CCNCc1cc2cccc(Br)c2n1C. The monoisotopic (exact) mass is 266 g/mol. The zero-order chi connectivity index (χ0) is 10.8. The molecular formula is C12H15BrN2. The third kappa shape index (κ3) is 1.94. The van der Waals surface area contributed by atoms with Gasteiger partial charge in [0.15, 0.2) is 0 Å². The molecule has 1 N–H and O–H groups in total. The number of nitrogens with one attached hydrogen (secondary N) is 1. The first-order valence-corrected chi connectivity index (χ1v) is 5.97. The molecule has 15 heavy (non-hydrogen) atoms. The summed E-state index contributed by atoms with van der Waals surface area (Å²) < 4.78 is 3.40. The lowest BCUT2D eigenvalue weighted by Crippen LogP contribution is -2.14. The van der Waals surface area contributed by atoms with Crippen LogP contribution in [0.25, 0.3) is 10.9 Å². The number of rotatable bonds is 3. The molecule has 1 aromatic heterocycles. The summed E-state index contributed by atoms with van der Waals surface area (Å²) in [6, 6.07) is 8.54. The molecule has 0 aliphatic heterocycles. The Morgan fingerprint density at radius 2 is 2.20 bits per heavy atom. The van der Waals surface area contributed by atoms with E-state index in [-0.39, 0.29) is 0 Å². The Hall–Kier alpha value is -0.800. The molecule has 0 bridgehead atoms. The quantitative estimate of drug-likeness (QED) is 0.904. The van der Waals surface area contributed by atoms with E-state index < -0.39 is 0 Å². The van der Waals surface area contributed by atoms with Gasteiger partial charge in [0.2, 0.25) is 0 Å². The van der Waals surface area contributed by atoms with Gasteiger partial charge in [0.1, 0.15) is 0 Å². The Kier molecular flexibility index (Phi) is 3.12. The third-order valence-electron chi connectivity index (χ3n) is 2.66. The van der Waals surface area contributed by atoms with Gasteiger partial charge in [-0.2, -0.15) is 0 Å². The molecule has 3 heteroatoms. The second-order valence-corrected chi connectivity index (χ2v) is 4.51. The van der Waals surface area contributed by atoms with Crippen molar-refractivity contribution in [1.82, 2.24) is 9.88 Å². The molecule has 0 spiro atoms. The van der Waals surface area contributed by atoms with Crippen LogP contribution >= 0.6 is 15.9 Å². The molecule has 0 aliphatic rings. The molecular weight excluding hydrogens is 252 g/mol. The number of fused-ring (bicyclic) bond motifs is 1. The topological polar surface area (TPSA) is 17.0 Å². The molecule has 2 nitrogen and oxygen atoms in total. The minimum absolute atomic E-state index is 0.925. The molecule has 0 amide bonds. The number of hydrogen-bond acceptors (Lipinski definition) is 1. The largest absolute Gasteiger partial charge is 0.346 e. The van der Waals surface area contributed by atoms with Gasteiger partial charge in [-0.3, -0.25) is 0 Å². The van der Waals surface area contributed by atoms with Crippen LogP contribution in [0.1, 0.15) is 12.6 Å². The summed E-state index contributed by atoms with van der Waals surface area (Å²) in [5.41, 5.74) is 2.59. The van der Waals surface area contributed by atoms with Crippen LogP contribution in [0.4, 0.5) is 0 Å². The van der Waals surface area contributed by atoms with Gasteiger partial charge in [-0.1, -0.05) is 19.1 Å². The van der Waals surface area contributed by atoms with E-state index >= 15 is 0 Å². The molecule has 2 aromatic rings. The number of aryl methyl sites for hydroxylation is 1. The molecule has 1 heterocycles. The van der Waals surface area contributed by atoms with E-state index in [2.05, 4.69) is 64.1 Å². The minimum Gasteiger partial charge on any atom is -0.346 e. The fourth-order valence-corrected chi connectivity index (χ4v) is 2.49. The van der Waals surface area contributed by atoms with Crippen LogP contribution in [0, 0.1) is 0 Å². The average Bonchev–Trinajstić information content (AvgIpc) is 2.54. The van der Waals surface area contributed by atoms with Gasteiger partial charge in [0.05, 0.1) is 5.52 Å². The summed E-state index contributed by atoms with van der Waals surface area (Å²) in [4.78, 5) is 0. The Morgan fingerprint density at radius 3 is 2.87 bits per heavy atom. The van der Waals surface area contributed by atoms with Crippen molar-refractivity contribution >= 4 is 26.8 Å². The van der Waals surface area contributed by atoms with Gasteiger partial charge in [-0.25, -0.2) is 0 Å². The Labute approximate surface area is 98.4 Å². The smallest absolute Gasteiger partial charge is 0.0624 e. The fraction of sp³-hybridized carbons (Fsp3) is 0.333. The highest BCUT2D eigenvalue weighted by molar-refractivity contribution is 9.10. The zero-order valence-electron chi connectivity index (χ0n) is 9.05. The number of halogens is 1. The standard InChI is InChI=1S/C12H15BrN2/c1-3-14-8-10-7-9-5-4-6-11(13)12(9)15(10)2/h4-7,14H,3,8H2,1-2H3. The molecule has 0 unspecified atom stereocenters. The van der Waals surface area contributed by atoms with E-state index in [1.165, 1.54) is 16.6 Å². The third-order valence-corrected chi connectivity index (χ3v) is 3.30. The highest BCUT2D eigenvalue weighted by Crippen LogP contribution is 2.26. The Balaban J connectivity index is 2.50. The van der Waals surface area contributed by atoms with Crippen LogP contribution < -0.4 is 5.32 Å². The van der Waals surface area contributed by atoms with Gasteiger partial charge in [-0.05, 0) is 34.6 Å². The van der Waals surface area contributed by atoms with Crippen molar-refractivity contribution in [3.63, 3.8) is 0 Å². The number of nitrogens with zero attached hydrogens (tertiary/aromatic N) is 1. The van der Waals surface area contributed by atoms with Crippen molar-refractivity contribution < 1.29 is 0 Å². The lowest BCUT2D eigenvalue weighted by molar-refractivity contribution is 0.686. The second kappa shape index (κ2) is 4.37. The van der Waals surface area contributed by atoms with Gasteiger partial charge >= 0.3 is 0 Å². The van der Waals surface area contributed by atoms with Crippen molar-refractivity contribution in [2.45, 2.75) is 13.5 Å². The van der Waals surface area contributed by atoms with Crippen molar-refractivity contribution in [2.75, 3.05) is 6.54 Å². The normalized spacial score (nSPS) is 11.1. The van der Waals surface area contributed by atoms with Crippen molar-refractivity contribution in [1.29, 1.82) is 0 Å². The van der Waals surface area contributed by atoms with Gasteiger partial charge in [0, 0.05) is 29.1 Å². The number of benzene rings is 1. The highest BCUT2D eigenvalue weighted by atomic mass is 79.9. The highest BCUT2D eigenvalue weighted by Gasteiger charge is 2.07. The maximum absolute atomic E-state index is 3.59. The first-order valence-electron chi connectivity index (χ1n) is 5.17. The van der Waals surface area contributed by atoms with E-state index in [9.17, 15) is 0 Å². The van der Waals surface area contributed by atoms with E-state index in [0.717, 1.165) is 17.6 Å². The first-order chi connectivity index (χ1) is 7.24. The van der Waals surface area contributed by atoms with Crippen molar-refractivity contribution in [3.05, 3.63) is 34.4 Å². The van der Waals surface area contributed by atoms with Crippen LogP contribution in [0.3, 0.4) is 0 Å². The number of hydrogen-bond donors (Lipinski definition) is 1. The van der Waals surface area contributed by atoms with E-state index in [1.807, 2.05) is 0 Å². The number of aromatic nitrogens is 1. The summed E-state index contributed by atoms with van der Waals surface area (Å²) in [6.07, 6.45) is 0. The van der Waals surface area contributed by atoms with E-state index in [0.29, 0.717) is 0 Å². The lowest BCUT2D eigenvalue weighted by atomic mass is 10.2. The Morgan fingerprint density at radius 1 is 1.40 bits per heavy atom. The maximum atomic E-state index is 3.59. The van der Waals surface area contributed by atoms with Gasteiger partial charge < -0.3 is 9.88 Å². The van der Waals surface area contributed by atoms with E-state index in [1.54, 1.807) is 0 Å². The van der Waals surface area contributed by atoms with E-state index in [4.69, 9.17) is 0 Å². The van der Waals surface area contributed by atoms with Crippen molar-refractivity contribution in [2.24, 2.45) is 7.05 Å². The van der Waals surface area contributed by atoms with Crippen LogP contribution in [0.15, 0.2) is 28.7 Å². The first kappa shape index (κ1) is 10.7. The summed E-state index contributed by atoms with van der Waals surface area (Å²) in [6.45, 7) is 4.05. The minimum atomic E-state index is 0.925. The second-order valence-electron chi connectivity index (χ2n) is 3.65. The molecule has 0 fully saturated rings. The molecule has 0 radical (unpaired) electrons. The van der Waals surface area contributed by atoms with Crippen LogP contribution in [0.5, 0.6) is 0 Å². The zero-order valence-corrected chi connectivity index (χ0v) is 10.6. The predicted octanol–water partition coefficient (Wildman–Crippen LogP) is 3.05. The van der Waals surface area contributed by atoms with Gasteiger partial charge in [-0.15, -0.1) is 0 Å². The molecule has 80 valence electrons. The summed E-state index contributed by atoms with van der Waals surface area (Å²) in [5.74, 6) is 0. The fourth-order valence-electron chi connectivity index (χ4n) is 1.84. The average molecular weight is 267 g/mol. The molecule has 0 aliphatic carbocycles. The molecule has 0 saturated carbocycles. The molecule has 1 aromatic carbocycles.